The van der Waals surface area contributed by atoms with E-state index < -0.39 is 11.8 Å². The van der Waals surface area contributed by atoms with Crippen LogP contribution in [0.15, 0.2) is 28.9 Å². The van der Waals surface area contributed by atoms with Gasteiger partial charge in [0.25, 0.3) is 5.91 Å². The number of hydrogen-bond donors (Lipinski definition) is 3. The summed E-state index contributed by atoms with van der Waals surface area (Å²) in [6.07, 6.45) is 2.35. The number of aryl methyl sites for hydroxylation is 1. The lowest BCUT2D eigenvalue weighted by Gasteiger charge is -2.11. The molecule has 0 aliphatic rings. The summed E-state index contributed by atoms with van der Waals surface area (Å²) < 4.78 is 1.83. The van der Waals surface area contributed by atoms with Crippen molar-refractivity contribution in [1.29, 1.82) is 5.26 Å². The number of anilines is 1. The van der Waals surface area contributed by atoms with Crippen LogP contribution in [0.1, 0.15) is 43.1 Å². The first-order chi connectivity index (χ1) is 13.8. The molecule has 2 rings (SSSR count). The molecular formula is C20H25N7O2. The lowest BCUT2D eigenvalue weighted by Crippen LogP contribution is -2.24. The highest BCUT2D eigenvalue weighted by atomic mass is 16.2. The SMILES string of the molecule is CCCn1c(NC(=O)C(C=C(C)N)=NCC)nc2cc(C(N)=O)cc(CC#N)c21. The van der Waals surface area contributed by atoms with Crippen molar-refractivity contribution in [3.05, 3.63) is 35.0 Å². The van der Waals surface area contributed by atoms with Gasteiger partial charge in [0.2, 0.25) is 11.9 Å². The molecule has 1 aromatic carbocycles. The number of carbonyl (C=O) groups is 2. The number of primary amides is 1. The molecule has 29 heavy (non-hydrogen) atoms. The second-order valence-electron chi connectivity index (χ2n) is 6.49. The first kappa shape index (κ1) is 21.6. The molecule has 0 saturated carbocycles. The average molecular weight is 395 g/mol. The summed E-state index contributed by atoms with van der Waals surface area (Å²) in [5.74, 6) is -0.747. The Balaban J connectivity index is 2.62. The number of hydrogen-bond acceptors (Lipinski definition) is 6. The number of amides is 2. The Kier molecular flexibility index (Phi) is 7.09. The van der Waals surface area contributed by atoms with Crippen molar-refractivity contribution >= 4 is 34.5 Å². The van der Waals surface area contributed by atoms with Crippen molar-refractivity contribution in [2.24, 2.45) is 16.5 Å². The molecule has 9 nitrogen and oxygen atoms in total. The predicted octanol–water partition coefficient (Wildman–Crippen LogP) is 1.87. The molecule has 0 atom stereocenters. The second-order valence-corrected chi connectivity index (χ2v) is 6.49. The minimum Gasteiger partial charge on any atom is -0.402 e. The van der Waals surface area contributed by atoms with E-state index in [2.05, 4.69) is 21.4 Å². The number of nitriles is 1. The van der Waals surface area contributed by atoms with Gasteiger partial charge in [0.1, 0.15) is 5.71 Å². The number of aromatic nitrogens is 2. The summed E-state index contributed by atoms with van der Waals surface area (Å²) in [4.78, 5) is 33.1. The van der Waals surface area contributed by atoms with Gasteiger partial charge < -0.3 is 16.0 Å². The van der Waals surface area contributed by atoms with Gasteiger partial charge in [-0.15, -0.1) is 0 Å². The summed E-state index contributed by atoms with van der Waals surface area (Å²) in [5.41, 5.74) is 13.8. The Bertz CT molecular complexity index is 1040. The lowest BCUT2D eigenvalue weighted by molar-refractivity contribution is -0.110. The number of imidazole rings is 1. The minimum absolute atomic E-state index is 0.0814. The highest BCUT2D eigenvalue weighted by Crippen LogP contribution is 2.26. The van der Waals surface area contributed by atoms with Gasteiger partial charge in [-0.05, 0) is 44.0 Å². The van der Waals surface area contributed by atoms with Crippen molar-refractivity contribution in [1.82, 2.24) is 9.55 Å². The number of nitrogens with two attached hydrogens (primary N) is 2. The van der Waals surface area contributed by atoms with E-state index in [4.69, 9.17) is 11.5 Å². The van der Waals surface area contributed by atoms with Crippen LogP contribution in [0, 0.1) is 11.3 Å². The number of aliphatic imine (C=N–C) groups is 1. The van der Waals surface area contributed by atoms with E-state index in [0.29, 0.717) is 41.3 Å². The highest BCUT2D eigenvalue weighted by Gasteiger charge is 2.19. The molecule has 5 N–H and O–H groups in total. The maximum atomic E-state index is 12.7. The number of nitrogens with one attached hydrogen (secondary N) is 1. The van der Waals surface area contributed by atoms with E-state index in [9.17, 15) is 14.9 Å². The van der Waals surface area contributed by atoms with E-state index in [-0.39, 0.29) is 17.7 Å². The Morgan fingerprint density at radius 2 is 2.07 bits per heavy atom. The molecular weight excluding hydrogens is 370 g/mol. The maximum absolute atomic E-state index is 12.7. The number of allylic oxidation sites excluding steroid dienone is 1. The molecule has 9 heteroatoms. The molecule has 0 aliphatic heterocycles. The zero-order valence-corrected chi connectivity index (χ0v) is 16.8. The normalized spacial score (nSPS) is 12.1. The Morgan fingerprint density at radius 3 is 2.62 bits per heavy atom. The molecule has 1 heterocycles. The van der Waals surface area contributed by atoms with Gasteiger partial charge >= 0.3 is 0 Å². The maximum Gasteiger partial charge on any atom is 0.276 e. The number of nitrogens with zero attached hydrogens (tertiary/aromatic N) is 4. The smallest absolute Gasteiger partial charge is 0.276 e. The van der Waals surface area contributed by atoms with E-state index in [1.807, 2.05) is 18.4 Å². The van der Waals surface area contributed by atoms with Crippen LogP contribution in [0.25, 0.3) is 11.0 Å². The van der Waals surface area contributed by atoms with E-state index in [1.165, 1.54) is 6.08 Å². The van der Waals surface area contributed by atoms with Crippen LogP contribution in [-0.2, 0) is 17.8 Å². The zero-order chi connectivity index (χ0) is 21.6. The van der Waals surface area contributed by atoms with Gasteiger partial charge in [0.05, 0.1) is 23.5 Å². The van der Waals surface area contributed by atoms with E-state index in [0.717, 1.165) is 6.42 Å². The van der Waals surface area contributed by atoms with Gasteiger partial charge in [0, 0.05) is 24.4 Å². The predicted molar refractivity (Wildman–Crippen MR) is 112 cm³/mol. The molecule has 0 radical (unpaired) electrons. The largest absolute Gasteiger partial charge is 0.402 e. The summed E-state index contributed by atoms with van der Waals surface area (Å²) >= 11 is 0. The zero-order valence-electron chi connectivity index (χ0n) is 16.8. The van der Waals surface area contributed by atoms with Crippen LogP contribution in [0.4, 0.5) is 5.95 Å². The Hall–Kier alpha value is -3.67. The van der Waals surface area contributed by atoms with Crippen molar-refractivity contribution in [2.45, 2.75) is 40.2 Å². The Morgan fingerprint density at radius 1 is 1.34 bits per heavy atom. The fourth-order valence-corrected chi connectivity index (χ4v) is 2.99. The van der Waals surface area contributed by atoms with Crippen molar-refractivity contribution < 1.29 is 9.59 Å². The van der Waals surface area contributed by atoms with Crippen LogP contribution in [0.2, 0.25) is 0 Å². The van der Waals surface area contributed by atoms with Gasteiger partial charge in [-0.3, -0.25) is 19.9 Å². The molecule has 0 bridgehead atoms. The first-order valence-corrected chi connectivity index (χ1v) is 9.31. The quantitative estimate of drug-likeness (QED) is 0.583. The number of rotatable bonds is 8. The molecule has 0 fully saturated rings. The molecule has 2 amide bonds. The molecule has 2 aromatic rings. The third-order valence-corrected chi connectivity index (χ3v) is 4.07. The number of benzene rings is 1. The van der Waals surface area contributed by atoms with Crippen molar-refractivity contribution in [3.63, 3.8) is 0 Å². The fraction of sp³-hybridized carbons (Fsp3) is 0.350. The molecule has 1 aromatic heterocycles. The second kappa shape index (κ2) is 9.50. The van der Waals surface area contributed by atoms with Gasteiger partial charge in [-0.1, -0.05) is 6.92 Å². The standard InChI is InChI=1S/C20H25N7O2/c1-4-8-27-17-13(6-7-21)10-14(18(23)28)11-15(17)25-20(27)26-19(29)16(24-5-2)9-12(3)22/h9-11H,4-6,8,22H2,1-3H3,(H2,23,28)(H,25,26,29). The molecule has 0 saturated heterocycles. The average Bonchev–Trinajstić information content (AvgIpc) is 2.99. The summed E-state index contributed by atoms with van der Waals surface area (Å²) in [5, 5.41) is 12.0. The lowest BCUT2D eigenvalue weighted by atomic mass is 10.1. The van der Waals surface area contributed by atoms with Gasteiger partial charge in [-0.25, -0.2) is 4.98 Å². The first-order valence-electron chi connectivity index (χ1n) is 9.31. The van der Waals surface area contributed by atoms with Crippen LogP contribution in [0.3, 0.4) is 0 Å². The van der Waals surface area contributed by atoms with Crippen molar-refractivity contribution in [2.75, 3.05) is 11.9 Å². The third-order valence-electron chi connectivity index (χ3n) is 4.07. The minimum atomic E-state index is -0.609. The van der Waals surface area contributed by atoms with Crippen molar-refractivity contribution in [3.8, 4) is 6.07 Å². The van der Waals surface area contributed by atoms with Gasteiger partial charge in [-0.2, -0.15) is 5.26 Å². The third kappa shape index (κ3) is 4.99. The van der Waals surface area contributed by atoms with Crippen LogP contribution >= 0.6 is 0 Å². The Labute approximate surface area is 169 Å². The highest BCUT2D eigenvalue weighted by molar-refractivity contribution is 6.47. The monoisotopic (exact) mass is 395 g/mol. The van der Waals surface area contributed by atoms with Gasteiger partial charge in [0.15, 0.2) is 0 Å². The molecule has 0 aliphatic carbocycles. The molecule has 0 spiro atoms. The fourth-order valence-electron chi connectivity index (χ4n) is 2.99. The summed E-state index contributed by atoms with van der Waals surface area (Å²) in [7, 11) is 0. The number of fused-ring (bicyclic) bond motifs is 1. The molecule has 0 unspecified atom stereocenters. The number of carbonyl (C=O) groups excluding carboxylic acids is 2. The topological polar surface area (TPSA) is 152 Å². The summed E-state index contributed by atoms with van der Waals surface area (Å²) in [6.45, 7) is 6.46. The molecule has 152 valence electrons. The van der Waals surface area contributed by atoms with E-state index in [1.54, 1.807) is 19.1 Å². The van der Waals surface area contributed by atoms with Crippen LogP contribution in [-0.4, -0.2) is 33.6 Å². The van der Waals surface area contributed by atoms with Crippen LogP contribution in [0.5, 0.6) is 0 Å². The van der Waals surface area contributed by atoms with E-state index >= 15 is 0 Å². The van der Waals surface area contributed by atoms with Crippen LogP contribution < -0.4 is 16.8 Å². The summed E-state index contributed by atoms with van der Waals surface area (Å²) in [6, 6.07) is 5.25.